The predicted octanol–water partition coefficient (Wildman–Crippen LogP) is 5.74. The van der Waals surface area contributed by atoms with E-state index in [1.54, 1.807) is 11.8 Å². The second-order valence-electron chi connectivity index (χ2n) is 7.25. The standard InChI is InChI=1S/C20H25ClN2O2S/c1-11(2)18-17-15(5-7-22-18)23-8-6-14(10-16(24)25)19(23)20(17)26-13(4)9-12(3)21/h5,7,9,11-12,14H,6,8,10H2,1-4H3,(H,24,25)/b13-9+. The molecule has 6 heteroatoms. The number of rotatable bonds is 6. The van der Waals surface area contributed by atoms with Crippen LogP contribution in [-0.4, -0.2) is 26.0 Å². The van der Waals surface area contributed by atoms with Crippen LogP contribution >= 0.6 is 23.4 Å². The Labute approximate surface area is 163 Å². The highest BCUT2D eigenvalue weighted by Gasteiger charge is 2.32. The smallest absolute Gasteiger partial charge is 0.304 e. The fourth-order valence-corrected chi connectivity index (χ4v) is 5.39. The predicted molar refractivity (Wildman–Crippen MR) is 108 cm³/mol. The quantitative estimate of drug-likeness (QED) is 0.502. The topological polar surface area (TPSA) is 55.1 Å². The fourth-order valence-electron chi connectivity index (χ4n) is 3.84. The number of nitrogens with zero attached hydrogens (tertiary/aromatic N) is 2. The number of alkyl halides is 1. The molecule has 0 saturated heterocycles. The number of carboxylic acid groups (broad SMARTS) is 1. The van der Waals surface area contributed by atoms with Crippen LogP contribution in [0, 0.1) is 0 Å². The number of carboxylic acids is 1. The summed E-state index contributed by atoms with van der Waals surface area (Å²) in [5, 5.41) is 10.5. The van der Waals surface area contributed by atoms with Crippen molar-refractivity contribution in [3.8, 4) is 0 Å². The third-order valence-electron chi connectivity index (χ3n) is 4.78. The van der Waals surface area contributed by atoms with Crippen LogP contribution in [-0.2, 0) is 11.3 Å². The van der Waals surface area contributed by atoms with E-state index < -0.39 is 5.97 Å². The normalized spacial score (nSPS) is 18.5. The molecule has 2 aromatic rings. The number of pyridine rings is 1. The van der Waals surface area contributed by atoms with Crippen molar-refractivity contribution in [2.24, 2.45) is 0 Å². The van der Waals surface area contributed by atoms with Gasteiger partial charge < -0.3 is 9.67 Å². The second-order valence-corrected chi connectivity index (χ2v) is 9.20. The largest absolute Gasteiger partial charge is 0.481 e. The fraction of sp³-hybridized carbons (Fsp3) is 0.500. The van der Waals surface area contributed by atoms with Gasteiger partial charge in [-0.3, -0.25) is 9.78 Å². The average molecular weight is 393 g/mol. The molecule has 0 amide bonds. The van der Waals surface area contributed by atoms with Gasteiger partial charge >= 0.3 is 5.97 Å². The van der Waals surface area contributed by atoms with Gasteiger partial charge in [0.25, 0.3) is 0 Å². The lowest BCUT2D eigenvalue weighted by molar-refractivity contribution is -0.137. The van der Waals surface area contributed by atoms with Crippen molar-refractivity contribution in [3.05, 3.63) is 34.6 Å². The van der Waals surface area contributed by atoms with Crippen molar-refractivity contribution in [1.82, 2.24) is 9.55 Å². The molecule has 2 unspecified atom stereocenters. The molecule has 0 fully saturated rings. The van der Waals surface area contributed by atoms with Crippen LogP contribution in [0.15, 0.2) is 28.1 Å². The maximum absolute atomic E-state index is 11.4. The Morgan fingerprint density at radius 3 is 2.85 bits per heavy atom. The molecule has 1 aliphatic heterocycles. The lowest BCUT2D eigenvalue weighted by Crippen LogP contribution is -2.04. The van der Waals surface area contributed by atoms with Crippen LogP contribution in [0.3, 0.4) is 0 Å². The summed E-state index contributed by atoms with van der Waals surface area (Å²) in [6, 6.07) is 2.06. The average Bonchev–Trinajstić information content (AvgIpc) is 3.06. The molecule has 140 valence electrons. The van der Waals surface area contributed by atoms with E-state index in [9.17, 15) is 9.90 Å². The summed E-state index contributed by atoms with van der Waals surface area (Å²) in [4.78, 5) is 18.3. The lowest BCUT2D eigenvalue weighted by Gasteiger charge is -2.13. The van der Waals surface area contributed by atoms with Gasteiger partial charge in [0.15, 0.2) is 0 Å². The molecule has 3 heterocycles. The molecule has 0 aromatic carbocycles. The Morgan fingerprint density at radius 1 is 1.50 bits per heavy atom. The molecule has 0 aliphatic carbocycles. The first-order valence-electron chi connectivity index (χ1n) is 9.02. The van der Waals surface area contributed by atoms with Gasteiger partial charge in [0.2, 0.25) is 0 Å². The van der Waals surface area contributed by atoms with Crippen molar-refractivity contribution in [1.29, 1.82) is 0 Å². The van der Waals surface area contributed by atoms with Crippen LogP contribution in [0.5, 0.6) is 0 Å². The maximum Gasteiger partial charge on any atom is 0.304 e. The highest BCUT2D eigenvalue weighted by molar-refractivity contribution is 8.03. The molecular formula is C20H25ClN2O2S. The number of allylic oxidation sites excluding steroid dienone is 2. The summed E-state index contributed by atoms with van der Waals surface area (Å²) in [6.07, 6.45) is 4.95. The van der Waals surface area contributed by atoms with Gasteiger partial charge in [-0.25, -0.2) is 0 Å². The van der Waals surface area contributed by atoms with Crippen LogP contribution < -0.4 is 0 Å². The van der Waals surface area contributed by atoms with Crippen molar-refractivity contribution in [2.45, 2.75) is 69.2 Å². The third kappa shape index (κ3) is 3.65. The van der Waals surface area contributed by atoms with Gasteiger partial charge in [-0.1, -0.05) is 31.7 Å². The lowest BCUT2D eigenvalue weighted by atomic mass is 9.99. The van der Waals surface area contributed by atoms with Crippen molar-refractivity contribution in [3.63, 3.8) is 0 Å². The number of aromatic nitrogens is 2. The van der Waals surface area contributed by atoms with Crippen molar-refractivity contribution >= 4 is 40.2 Å². The molecule has 0 radical (unpaired) electrons. The third-order valence-corrected chi connectivity index (χ3v) is 5.98. The summed E-state index contributed by atoms with van der Waals surface area (Å²) < 4.78 is 2.30. The van der Waals surface area contributed by atoms with E-state index in [1.165, 1.54) is 10.9 Å². The summed E-state index contributed by atoms with van der Waals surface area (Å²) in [5.74, 6) is -0.396. The number of hydrogen-bond donors (Lipinski definition) is 1. The maximum atomic E-state index is 11.4. The number of thioether (sulfide) groups is 1. The van der Waals surface area contributed by atoms with E-state index in [4.69, 9.17) is 11.6 Å². The van der Waals surface area contributed by atoms with Gasteiger partial charge in [0, 0.05) is 40.0 Å². The van der Waals surface area contributed by atoms with E-state index in [2.05, 4.69) is 36.4 Å². The van der Waals surface area contributed by atoms with E-state index >= 15 is 0 Å². The Bertz CT molecular complexity index is 870. The van der Waals surface area contributed by atoms with Crippen molar-refractivity contribution in [2.75, 3.05) is 0 Å². The molecule has 1 N–H and O–H groups in total. The molecule has 0 saturated carbocycles. The summed E-state index contributed by atoms with van der Waals surface area (Å²) in [7, 11) is 0. The highest BCUT2D eigenvalue weighted by atomic mass is 35.5. The van der Waals surface area contributed by atoms with Gasteiger partial charge in [0.05, 0.1) is 17.6 Å². The molecule has 3 rings (SSSR count). The number of aliphatic carboxylic acids is 1. The Morgan fingerprint density at radius 2 is 2.23 bits per heavy atom. The molecule has 0 bridgehead atoms. The SMILES string of the molecule is C/C(=C\C(C)Cl)Sc1c2n(c3ccnc(C(C)C)c13)CCC2CC(=O)O. The van der Waals surface area contributed by atoms with Crippen LogP contribution in [0.1, 0.15) is 63.8 Å². The molecular weight excluding hydrogens is 368 g/mol. The minimum Gasteiger partial charge on any atom is -0.481 e. The van der Waals surface area contributed by atoms with E-state index in [-0.39, 0.29) is 17.7 Å². The van der Waals surface area contributed by atoms with E-state index in [0.29, 0.717) is 5.92 Å². The molecule has 26 heavy (non-hydrogen) atoms. The zero-order valence-corrected chi connectivity index (χ0v) is 17.2. The monoisotopic (exact) mass is 392 g/mol. The van der Waals surface area contributed by atoms with E-state index in [0.717, 1.165) is 34.2 Å². The van der Waals surface area contributed by atoms with Crippen LogP contribution in [0.4, 0.5) is 0 Å². The number of fused-ring (bicyclic) bond motifs is 3. The number of carbonyl (C=O) groups is 1. The molecule has 2 aromatic heterocycles. The first-order valence-corrected chi connectivity index (χ1v) is 10.3. The zero-order chi connectivity index (χ0) is 19.0. The first kappa shape index (κ1) is 19.3. The van der Waals surface area contributed by atoms with E-state index in [1.807, 2.05) is 19.2 Å². The highest BCUT2D eigenvalue weighted by Crippen LogP contribution is 2.48. The number of aryl methyl sites for hydroxylation is 1. The zero-order valence-electron chi connectivity index (χ0n) is 15.6. The molecule has 1 aliphatic rings. The number of halogens is 1. The van der Waals surface area contributed by atoms with Gasteiger partial charge in [0.1, 0.15) is 0 Å². The molecule has 2 atom stereocenters. The summed E-state index contributed by atoms with van der Waals surface area (Å²) in [6.45, 7) is 9.17. The second kappa shape index (κ2) is 7.65. The molecule has 0 spiro atoms. The first-order chi connectivity index (χ1) is 12.3. The van der Waals surface area contributed by atoms with Gasteiger partial charge in [-0.2, -0.15) is 0 Å². The van der Waals surface area contributed by atoms with Crippen LogP contribution in [0.25, 0.3) is 10.9 Å². The minimum atomic E-state index is -0.742. The summed E-state index contributed by atoms with van der Waals surface area (Å²) in [5.41, 5.74) is 3.39. The van der Waals surface area contributed by atoms with Crippen LogP contribution in [0.2, 0.25) is 0 Å². The Hall–Kier alpha value is -1.46. The molecule has 4 nitrogen and oxygen atoms in total. The Balaban J connectivity index is 2.22. The van der Waals surface area contributed by atoms with Crippen molar-refractivity contribution < 1.29 is 9.90 Å². The van der Waals surface area contributed by atoms with Gasteiger partial charge in [-0.15, -0.1) is 11.6 Å². The van der Waals surface area contributed by atoms with Gasteiger partial charge in [-0.05, 0) is 37.2 Å². The Kier molecular flexibility index (Phi) is 5.68. The summed E-state index contributed by atoms with van der Waals surface area (Å²) >= 11 is 7.84. The number of hydrogen-bond acceptors (Lipinski definition) is 3. The minimum absolute atomic E-state index is 0.0399.